The van der Waals surface area contributed by atoms with Gasteiger partial charge >= 0.3 is 0 Å². The second-order valence-electron chi connectivity index (χ2n) is 10.2. The molecule has 0 radical (unpaired) electrons. The predicted octanol–water partition coefficient (Wildman–Crippen LogP) is 5.11. The van der Waals surface area contributed by atoms with Gasteiger partial charge in [-0.15, -0.1) is 11.8 Å². The number of thioether (sulfide) groups is 1. The van der Waals surface area contributed by atoms with Crippen LogP contribution in [0.15, 0.2) is 82.6 Å². The number of carbonyl (C=O) groups is 2. The first-order valence-corrected chi connectivity index (χ1v) is 16.1. The molecule has 0 heterocycles. The van der Waals surface area contributed by atoms with Gasteiger partial charge in [0, 0.05) is 18.0 Å². The van der Waals surface area contributed by atoms with Gasteiger partial charge < -0.3 is 15.0 Å². The van der Waals surface area contributed by atoms with Crippen molar-refractivity contribution in [2.45, 2.75) is 50.1 Å². The van der Waals surface area contributed by atoms with Crippen LogP contribution in [0.3, 0.4) is 0 Å². The summed E-state index contributed by atoms with van der Waals surface area (Å²) in [5, 5.41) is 2.89. The maximum absolute atomic E-state index is 14.0. The number of benzene rings is 3. The van der Waals surface area contributed by atoms with Crippen LogP contribution in [0, 0.1) is 12.8 Å². The zero-order chi connectivity index (χ0) is 30.2. The lowest BCUT2D eigenvalue weighted by atomic mass is 10.1. The number of nitrogens with zero attached hydrogens (tertiary/aromatic N) is 2. The van der Waals surface area contributed by atoms with Gasteiger partial charge in [0.15, 0.2) is 0 Å². The van der Waals surface area contributed by atoms with Crippen LogP contribution in [-0.4, -0.2) is 57.6 Å². The third kappa shape index (κ3) is 8.50. The summed E-state index contributed by atoms with van der Waals surface area (Å²) in [4.78, 5) is 29.5. The van der Waals surface area contributed by atoms with E-state index in [0.717, 1.165) is 20.3 Å². The van der Waals surface area contributed by atoms with Crippen LogP contribution in [0.5, 0.6) is 5.75 Å². The molecule has 0 fully saturated rings. The highest BCUT2D eigenvalue weighted by atomic mass is 32.2. The average Bonchev–Trinajstić information content (AvgIpc) is 2.97. The molecule has 0 aliphatic rings. The molecular formula is C31H39N3O5S2. The van der Waals surface area contributed by atoms with Gasteiger partial charge in [0.2, 0.25) is 11.8 Å². The lowest BCUT2D eigenvalue weighted by Crippen LogP contribution is -2.51. The zero-order valence-electron chi connectivity index (χ0n) is 24.5. The number of amides is 2. The number of carbonyl (C=O) groups excluding carboxylic acids is 2. The topological polar surface area (TPSA) is 96.0 Å². The summed E-state index contributed by atoms with van der Waals surface area (Å²) in [5.41, 5.74) is 2.09. The lowest BCUT2D eigenvalue weighted by molar-refractivity contribution is -0.139. The van der Waals surface area contributed by atoms with E-state index in [1.54, 1.807) is 74.7 Å². The number of aryl methyl sites for hydroxylation is 1. The van der Waals surface area contributed by atoms with Gasteiger partial charge in [-0.25, -0.2) is 8.42 Å². The maximum Gasteiger partial charge on any atom is 0.264 e. The largest absolute Gasteiger partial charge is 0.497 e. The van der Waals surface area contributed by atoms with Crippen molar-refractivity contribution in [1.82, 2.24) is 10.2 Å². The van der Waals surface area contributed by atoms with Crippen LogP contribution in [0.25, 0.3) is 0 Å². The van der Waals surface area contributed by atoms with Crippen molar-refractivity contribution in [2.75, 3.05) is 30.8 Å². The number of anilines is 1. The Morgan fingerprint density at radius 3 is 2.07 bits per heavy atom. The minimum atomic E-state index is -4.11. The number of hydrogen-bond acceptors (Lipinski definition) is 6. The van der Waals surface area contributed by atoms with Gasteiger partial charge in [0.05, 0.1) is 17.7 Å². The van der Waals surface area contributed by atoms with E-state index < -0.39 is 28.5 Å². The zero-order valence-corrected chi connectivity index (χ0v) is 26.1. The lowest BCUT2D eigenvalue weighted by Gasteiger charge is -2.32. The molecule has 41 heavy (non-hydrogen) atoms. The molecule has 0 aromatic heterocycles. The molecule has 10 heteroatoms. The molecule has 0 spiro atoms. The summed E-state index contributed by atoms with van der Waals surface area (Å²) in [6.45, 7) is 7.63. The van der Waals surface area contributed by atoms with Gasteiger partial charge in [0.1, 0.15) is 18.3 Å². The van der Waals surface area contributed by atoms with E-state index in [0.29, 0.717) is 18.0 Å². The molecule has 0 saturated heterocycles. The molecule has 0 aliphatic heterocycles. The molecule has 3 aromatic rings. The fourth-order valence-electron chi connectivity index (χ4n) is 4.08. The highest BCUT2D eigenvalue weighted by Gasteiger charge is 2.32. The molecule has 3 rings (SSSR count). The number of rotatable bonds is 13. The van der Waals surface area contributed by atoms with E-state index in [1.165, 1.54) is 16.7 Å². The summed E-state index contributed by atoms with van der Waals surface area (Å²) in [7, 11) is -2.54. The monoisotopic (exact) mass is 597 g/mol. The number of hydrogen-bond donors (Lipinski definition) is 1. The fourth-order valence-corrected chi connectivity index (χ4v) is 5.90. The van der Waals surface area contributed by atoms with Crippen molar-refractivity contribution in [3.63, 3.8) is 0 Å². The second-order valence-corrected chi connectivity index (χ2v) is 12.9. The molecule has 220 valence electrons. The standard InChI is InChI=1S/C31H39N3O5S2/c1-22(2)19-32-31(36)24(4)33(20-25-9-13-27(39-5)14-10-25)30(35)21-34(26-11-7-23(3)8-12-26)41(37,38)29-17-15-28(40-6)16-18-29/h7-18,22,24H,19-21H2,1-6H3,(H,32,36)/t24-/m0/s1. The van der Waals surface area contributed by atoms with E-state index in [2.05, 4.69) is 5.32 Å². The Hall–Kier alpha value is -3.50. The second kappa shape index (κ2) is 14.4. The molecule has 0 aliphatic carbocycles. The summed E-state index contributed by atoms with van der Waals surface area (Å²) in [5.74, 6) is 0.0888. The highest BCUT2D eigenvalue weighted by Crippen LogP contribution is 2.26. The summed E-state index contributed by atoms with van der Waals surface area (Å²) in [6.07, 6.45) is 1.91. The first-order valence-electron chi connectivity index (χ1n) is 13.4. The predicted molar refractivity (Wildman–Crippen MR) is 165 cm³/mol. The van der Waals surface area contributed by atoms with Crippen LogP contribution in [0.4, 0.5) is 5.69 Å². The van der Waals surface area contributed by atoms with Gasteiger partial charge in [-0.05, 0) is 80.1 Å². The van der Waals surface area contributed by atoms with Crippen LogP contribution < -0.4 is 14.4 Å². The van der Waals surface area contributed by atoms with Gasteiger partial charge in [-0.3, -0.25) is 13.9 Å². The minimum absolute atomic E-state index is 0.0769. The quantitative estimate of drug-likeness (QED) is 0.275. The molecule has 1 N–H and O–H groups in total. The van der Waals surface area contributed by atoms with Crippen molar-refractivity contribution in [3.05, 3.63) is 83.9 Å². The van der Waals surface area contributed by atoms with Crippen LogP contribution in [0.1, 0.15) is 31.9 Å². The molecule has 0 saturated carbocycles. The third-order valence-corrected chi connectivity index (χ3v) is 9.14. The molecular weight excluding hydrogens is 558 g/mol. The van der Waals surface area contributed by atoms with Crippen LogP contribution in [-0.2, 0) is 26.2 Å². The van der Waals surface area contributed by atoms with Crippen molar-refractivity contribution in [1.29, 1.82) is 0 Å². The first-order chi connectivity index (χ1) is 19.5. The highest BCUT2D eigenvalue weighted by molar-refractivity contribution is 7.98. The number of sulfonamides is 1. The number of methoxy groups -OCH3 is 1. The third-order valence-electron chi connectivity index (χ3n) is 6.61. The fraction of sp³-hybridized carbons (Fsp3) is 0.355. The van der Waals surface area contributed by atoms with Gasteiger partial charge in [-0.1, -0.05) is 43.7 Å². The van der Waals surface area contributed by atoms with E-state index in [9.17, 15) is 18.0 Å². The van der Waals surface area contributed by atoms with Gasteiger partial charge in [-0.2, -0.15) is 0 Å². The normalized spacial score (nSPS) is 12.1. The molecule has 0 unspecified atom stereocenters. The Morgan fingerprint density at radius 1 is 0.927 bits per heavy atom. The van der Waals surface area contributed by atoms with Crippen molar-refractivity contribution < 1.29 is 22.7 Å². The molecule has 0 bridgehead atoms. The van der Waals surface area contributed by atoms with E-state index in [4.69, 9.17) is 4.74 Å². The van der Waals surface area contributed by atoms with Crippen LogP contribution in [0.2, 0.25) is 0 Å². The maximum atomic E-state index is 14.0. The molecule has 3 aromatic carbocycles. The van der Waals surface area contributed by atoms with Crippen molar-refractivity contribution in [2.24, 2.45) is 5.92 Å². The Labute approximate surface area is 248 Å². The first kappa shape index (κ1) is 32.0. The van der Waals surface area contributed by atoms with Crippen molar-refractivity contribution >= 4 is 39.3 Å². The minimum Gasteiger partial charge on any atom is -0.497 e. The Bertz CT molecular complexity index is 1410. The number of nitrogens with one attached hydrogen (secondary N) is 1. The Kier molecular flexibility index (Phi) is 11.3. The molecule has 2 amide bonds. The summed E-state index contributed by atoms with van der Waals surface area (Å²) < 4.78 is 34.2. The molecule has 1 atom stereocenters. The summed E-state index contributed by atoms with van der Waals surface area (Å²) in [6, 6.07) is 19.9. The van der Waals surface area contributed by atoms with E-state index in [-0.39, 0.29) is 23.3 Å². The van der Waals surface area contributed by atoms with E-state index >= 15 is 0 Å². The SMILES string of the molecule is COc1ccc(CN(C(=O)CN(c2ccc(C)cc2)S(=O)(=O)c2ccc(SC)cc2)[C@@H](C)C(=O)NCC(C)C)cc1. The van der Waals surface area contributed by atoms with Crippen molar-refractivity contribution in [3.8, 4) is 5.75 Å². The van der Waals surface area contributed by atoms with Gasteiger partial charge in [0.25, 0.3) is 10.0 Å². The Morgan fingerprint density at radius 2 is 1.54 bits per heavy atom. The Balaban J connectivity index is 2.00. The number of ether oxygens (including phenoxy) is 1. The smallest absolute Gasteiger partial charge is 0.264 e. The summed E-state index contributed by atoms with van der Waals surface area (Å²) >= 11 is 1.51. The van der Waals surface area contributed by atoms with Crippen LogP contribution >= 0.6 is 11.8 Å². The average molecular weight is 598 g/mol. The van der Waals surface area contributed by atoms with E-state index in [1.807, 2.05) is 39.2 Å². The molecule has 8 nitrogen and oxygen atoms in total.